The van der Waals surface area contributed by atoms with E-state index >= 15 is 0 Å². The number of rotatable bonds is 7. The molecule has 0 bridgehead atoms. The number of halogens is 11. The van der Waals surface area contributed by atoms with Crippen molar-refractivity contribution in [1.82, 2.24) is 0 Å². The highest BCUT2D eigenvalue weighted by Crippen LogP contribution is 2.38. The second kappa shape index (κ2) is 12.2. The van der Waals surface area contributed by atoms with E-state index in [0.717, 1.165) is 0 Å². The molecule has 4 rings (SSSR count). The fraction of sp³-hybridized carbons (Fsp3) is 0.0968. The fourth-order valence-corrected chi connectivity index (χ4v) is 4.00. The predicted octanol–water partition coefficient (Wildman–Crippen LogP) is 9.25. The first-order chi connectivity index (χ1) is 20.2. The van der Waals surface area contributed by atoms with Gasteiger partial charge in [-0.2, -0.15) is 8.78 Å². The molecule has 0 N–H and O–H groups in total. The van der Waals surface area contributed by atoms with Gasteiger partial charge in [-0.1, -0.05) is 17.9 Å². The average Bonchev–Trinajstić information content (AvgIpc) is 2.88. The van der Waals surface area contributed by atoms with Crippen molar-refractivity contribution in [3.63, 3.8) is 0 Å². The molecular formula is C31H15F11O. The third kappa shape index (κ3) is 6.66. The molecule has 0 aliphatic rings. The first kappa shape index (κ1) is 31.2. The van der Waals surface area contributed by atoms with Gasteiger partial charge >= 0.3 is 6.11 Å². The van der Waals surface area contributed by atoms with Gasteiger partial charge in [0.25, 0.3) is 0 Å². The monoisotopic (exact) mass is 612 g/mol. The van der Waals surface area contributed by atoms with Crippen molar-refractivity contribution in [3.05, 3.63) is 136 Å². The van der Waals surface area contributed by atoms with Crippen molar-refractivity contribution in [2.75, 3.05) is 0 Å². The van der Waals surface area contributed by atoms with Crippen molar-refractivity contribution in [2.45, 2.75) is 19.0 Å². The molecular weight excluding hydrogens is 597 g/mol. The summed E-state index contributed by atoms with van der Waals surface area (Å²) < 4.78 is 161. The lowest BCUT2D eigenvalue weighted by Gasteiger charge is -2.20. The number of hydrogen-bond acceptors (Lipinski definition) is 1. The molecule has 0 unspecified atom stereocenters. The van der Waals surface area contributed by atoms with Gasteiger partial charge in [-0.3, -0.25) is 0 Å². The Morgan fingerprint density at radius 3 is 1.70 bits per heavy atom. The molecule has 12 heteroatoms. The summed E-state index contributed by atoms with van der Waals surface area (Å²) in [7, 11) is 0. The van der Waals surface area contributed by atoms with Gasteiger partial charge < -0.3 is 4.74 Å². The largest absolute Gasteiger partial charge is 0.432 e. The minimum atomic E-state index is -4.74. The fourth-order valence-electron chi connectivity index (χ4n) is 4.00. The van der Waals surface area contributed by atoms with Gasteiger partial charge in [0.1, 0.15) is 46.2 Å². The Balaban J connectivity index is 1.64. The first-order valence-electron chi connectivity index (χ1n) is 12.0. The molecule has 4 aromatic carbocycles. The van der Waals surface area contributed by atoms with Crippen LogP contribution in [0.2, 0.25) is 0 Å². The van der Waals surface area contributed by atoms with Crippen LogP contribution in [0.5, 0.6) is 5.75 Å². The highest BCUT2D eigenvalue weighted by molar-refractivity contribution is 5.67. The Labute approximate surface area is 236 Å². The van der Waals surface area contributed by atoms with E-state index in [4.69, 9.17) is 0 Å². The molecule has 0 aliphatic heterocycles. The van der Waals surface area contributed by atoms with Gasteiger partial charge in [-0.25, -0.2) is 39.5 Å². The van der Waals surface area contributed by atoms with Crippen molar-refractivity contribution in [2.24, 2.45) is 0 Å². The van der Waals surface area contributed by atoms with Crippen LogP contribution in [-0.2, 0) is 12.5 Å². The number of allylic oxidation sites excluding steroid dienone is 1. The lowest BCUT2D eigenvalue weighted by Crippen LogP contribution is -2.25. The number of hydrogen-bond donors (Lipinski definition) is 0. The maximum absolute atomic E-state index is 14.9. The van der Waals surface area contributed by atoms with E-state index in [2.05, 4.69) is 11.3 Å². The van der Waals surface area contributed by atoms with Crippen LogP contribution in [0.25, 0.3) is 11.1 Å². The minimum absolute atomic E-state index is 0.0469. The molecule has 0 spiro atoms. The topological polar surface area (TPSA) is 9.23 Å². The highest BCUT2D eigenvalue weighted by Gasteiger charge is 2.41. The Bertz CT molecular complexity index is 1710. The van der Waals surface area contributed by atoms with E-state index in [1.165, 1.54) is 6.08 Å². The van der Waals surface area contributed by atoms with Gasteiger partial charge in [0.2, 0.25) is 0 Å². The molecule has 0 saturated heterocycles. The van der Waals surface area contributed by atoms with Gasteiger partial charge in [-0.05, 0) is 60.4 Å². The minimum Gasteiger partial charge on any atom is -0.429 e. The molecule has 0 amide bonds. The van der Waals surface area contributed by atoms with Crippen LogP contribution >= 0.6 is 0 Å². The smallest absolute Gasteiger partial charge is 0.429 e. The van der Waals surface area contributed by atoms with Crippen LogP contribution in [0.4, 0.5) is 48.3 Å². The molecule has 0 atom stereocenters. The average molecular weight is 612 g/mol. The summed E-state index contributed by atoms with van der Waals surface area (Å²) in [5.74, 6) is -11.8. The number of ether oxygens (including phenoxy) is 1. The molecule has 0 aliphatic carbocycles. The van der Waals surface area contributed by atoms with Crippen LogP contribution < -0.4 is 4.74 Å². The summed E-state index contributed by atoms with van der Waals surface area (Å²) in [4.78, 5) is 0. The summed E-state index contributed by atoms with van der Waals surface area (Å²) in [6.45, 7) is 3.44. The summed E-state index contributed by atoms with van der Waals surface area (Å²) in [6.07, 6.45) is -2.88. The molecule has 4 aromatic rings. The van der Waals surface area contributed by atoms with Gasteiger partial charge in [-0.15, -0.1) is 6.58 Å². The summed E-state index contributed by atoms with van der Waals surface area (Å²) >= 11 is 0. The summed E-state index contributed by atoms with van der Waals surface area (Å²) in [5, 5.41) is 0. The van der Waals surface area contributed by atoms with E-state index < -0.39 is 92.0 Å². The quantitative estimate of drug-likeness (QED) is 0.0875. The number of benzene rings is 4. The van der Waals surface area contributed by atoms with E-state index in [1.807, 2.05) is 11.8 Å². The predicted molar refractivity (Wildman–Crippen MR) is 133 cm³/mol. The zero-order chi connectivity index (χ0) is 31.6. The molecule has 0 radical (unpaired) electrons. The van der Waals surface area contributed by atoms with Gasteiger partial charge in [0, 0.05) is 17.7 Å². The van der Waals surface area contributed by atoms with E-state index in [0.29, 0.717) is 42.8 Å². The Hall–Kier alpha value is -4.79. The Kier molecular flexibility index (Phi) is 8.85. The van der Waals surface area contributed by atoms with Gasteiger partial charge in [0.05, 0.1) is 11.1 Å². The molecule has 0 saturated carbocycles. The lowest BCUT2D eigenvalue weighted by molar-refractivity contribution is -0.189. The van der Waals surface area contributed by atoms with Crippen molar-refractivity contribution in [3.8, 4) is 28.7 Å². The first-order valence-corrected chi connectivity index (χ1v) is 12.0. The van der Waals surface area contributed by atoms with E-state index in [-0.39, 0.29) is 24.1 Å². The summed E-state index contributed by atoms with van der Waals surface area (Å²) in [6, 6.07) is 3.53. The molecule has 43 heavy (non-hydrogen) atoms. The standard InChI is InChI=1S/C31H15F11O/c1-2-3-4-15-7-24(36)29(25(37)8-15)31(41,42)43-18-13-22(34)28(23(35)14-18)17-11-20(32)19(21(33)12-17)6-5-16-9-26(38)30(40)27(39)10-16/h2,7-14H,1,3-4H2. The maximum atomic E-state index is 14.9. The normalized spacial score (nSPS) is 11.2. The van der Waals surface area contributed by atoms with Crippen molar-refractivity contribution >= 4 is 0 Å². The highest BCUT2D eigenvalue weighted by atomic mass is 19.3. The van der Waals surface area contributed by atoms with Crippen molar-refractivity contribution < 1.29 is 53.0 Å². The molecule has 222 valence electrons. The third-order valence-electron chi connectivity index (χ3n) is 5.94. The SMILES string of the molecule is C=CCCc1cc(F)c(C(F)(F)Oc2cc(F)c(-c3cc(F)c(C#Cc4cc(F)c(F)c(F)c4)c(F)c3)c(F)c2)c(F)c1. The lowest BCUT2D eigenvalue weighted by atomic mass is 10.0. The Morgan fingerprint density at radius 2 is 1.19 bits per heavy atom. The van der Waals surface area contributed by atoms with Crippen molar-refractivity contribution in [1.29, 1.82) is 0 Å². The molecule has 0 heterocycles. The van der Waals surface area contributed by atoms with Crippen LogP contribution in [0, 0.1) is 64.2 Å². The number of alkyl halides is 2. The number of aryl methyl sites for hydroxylation is 1. The van der Waals surface area contributed by atoms with Crippen LogP contribution in [0.1, 0.15) is 28.7 Å². The van der Waals surface area contributed by atoms with E-state index in [9.17, 15) is 48.3 Å². The zero-order valence-corrected chi connectivity index (χ0v) is 21.4. The molecule has 1 nitrogen and oxygen atoms in total. The van der Waals surface area contributed by atoms with E-state index in [1.54, 1.807) is 0 Å². The second-order valence-electron chi connectivity index (χ2n) is 8.96. The van der Waals surface area contributed by atoms with Gasteiger partial charge in [0.15, 0.2) is 17.5 Å². The van der Waals surface area contributed by atoms with Crippen LogP contribution in [0.15, 0.2) is 61.2 Å². The molecule has 0 fully saturated rings. The summed E-state index contributed by atoms with van der Waals surface area (Å²) in [5.41, 5.74) is -5.06. The van der Waals surface area contributed by atoms with Crippen LogP contribution in [0.3, 0.4) is 0 Å². The second-order valence-corrected chi connectivity index (χ2v) is 8.96. The zero-order valence-electron chi connectivity index (χ0n) is 21.4. The van der Waals surface area contributed by atoms with Crippen LogP contribution in [-0.4, -0.2) is 0 Å². The third-order valence-corrected chi connectivity index (χ3v) is 5.94. The molecule has 0 aromatic heterocycles. The Morgan fingerprint density at radius 1 is 0.651 bits per heavy atom. The maximum Gasteiger partial charge on any atom is 0.432 e.